The van der Waals surface area contributed by atoms with Crippen LogP contribution in [-0.2, 0) is 0 Å². The summed E-state index contributed by atoms with van der Waals surface area (Å²) in [6, 6.07) is 0. The fraction of sp³-hybridized carbons (Fsp3) is 1.00. The summed E-state index contributed by atoms with van der Waals surface area (Å²) in [4.78, 5) is 0. The molecule has 0 aromatic heterocycles. The van der Waals surface area contributed by atoms with Gasteiger partial charge in [0, 0.05) is 0 Å². The fourth-order valence-electron chi connectivity index (χ4n) is 2.51. The Bertz CT molecular complexity index is 154. The summed E-state index contributed by atoms with van der Waals surface area (Å²) in [5.41, 5.74) is 0. The third-order valence-electron chi connectivity index (χ3n) is 3.85. The molecule has 0 bridgehead atoms. The largest absolute Gasteiger partial charge is 0.320 e. The lowest BCUT2D eigenvalue weighted by Gasteiger charge is -2.11. The summed E-state index contributed by atoms with van der Waals surface area (Å²) in [5.74, 6) is 1.83. The topological polar surface area (TPSA) is 12.0 Å². The molecule has 1 heteroatoms. The van der Waals surface area contributed by atoms with E-state index in [9.17, 15) is 0 Å². The maximum Gasteiger partial charge on any atom is -0.00519 e. The van der Waals surface area contributed by atoms with Gasteiger partial charge in [0.25, 0.3) is 0 Å². The van der Waals surface area contributed by atoms with Crippen LogP contribution >= 0.6 is 0 Å². The van der Waals surface area contributed by atoms with E-state index < -0.39 is 0 Å². The Labute approximate surface area is 116 Å². The lowest BCUT2D eigenvalue weighted by molar-refractivity contribution is 0.433. The monoisotopic (exact) mass is 255 g/mol. The minimum atomic E-state index is 0.891. The molecule has 0 spiro atoms. The van der Waals surface area contributed by atoms with Gasteiger partial charge in [0.05, 0.1) is 0 Å². The smallest absolute Gasteiger partial charge is 0.00519 e. The lowest BCUT2D eigenvalue weighted by Crippen LogP contribution is -2.07. The zero-order chi connectivity index (χ0) is 13.6. The molecule has 110 valence electrons. The van der Waals surface area contributed by atoms with Crippen molar-refractivity contribution < 1.29 is 0 Å². The van der Waals surface area contributed by atoms with Crippen molar-refractivity contribution in [1.82, 2.24) is 5.32 Å². The third kappa shape index (κ3) is 14.0. The van der Waals surface area contributed by atoms with E-state index in [0.29, 0.717) is 0 Å². The van der Waals surface area contributed by atoms with Crippen molar-refractivity contribution >= 4 is 0 Å². The predicted molar refractivity (Wildman–Crippen MR) is 84.1 cm³/mol. The third-order valence-corrected chi connectivity index (χ3v) is 3.85. The van der Waals surface area contributed by atoms with Gasteiger partial charge in [-0.25, -0.2) is 0 Å². The Morgan fingerprint density at radius 1 is 0.667 bits per heavy atom. The van der Waals surface area contributed by atoms with E-state index in [1.54, 1.807) is 0 Å². The van der Waals surface area contributed by atoms with Crippen LogP contribution in [-0.4, -0.2) is 13.6 Å². The maximum atomic E-state index is 3.22. The second-order valence-corrected chi connectivity index (χ2v) is 6.44. The molecular formula is C17H37N. The first-order chi connectivity index (χ1) is 8.66. The van der Waals surface area contributed by atoms with E-state index in [1.165, 1.54) is 70.8 Å². The number of unbranched alkanes of at least 4 members (excludes halogenated alkanes) is 5. The first-order valence-corrected chi connectivity index (χ1v) is 8.31. The highest BCUT2D eigenvalue weighted by molar-refractivity contribution is 4.56. The van der Waals surface area contributed by atoms with Gasteiger partial charge in [-0.05, 0) is 31.8 Å². The molecule has 0 aliphatic carbocycles. The highest BCUT2D eigenvalue weighted by Crippen LogP contribution is 2.17. The molecule has 0 aromatic rings. The summed E-state index contributed by atoms with van der Waals surface area (Å²) >= 11 is 0. The zero-order valence-corrected chi connectivity index (χ0v) is 13.4. The van der Waals surface area contributed by atoms with Crippen LogP contribution in [0.2, 0.25) is 0 Å². The average Bonchev–Trinajstić information content (AvgIpc) is 2.33. The molecule has 1 unspecified atom stereocenters. The minimum Gasteiger partial charge on any atom is -0.320 e. The number of hydrogen-bond donors (Lipinski definition) is 1. The molecule has 0 aliphatic heterocycles. The van der Waals surface area contributed by atoms with Crippen molar-refractivity contribution in [2.24, 2.45) is 11.8 Å². The number of nitrogens with one attached hydrogen (secondary N) is 1. The normalized spacial score (nSPS) is 13.2. The first-order valence-electron chi connectivity index (χ1n) is 8.31. The second kappa shape index (κ2) is 13.4. The molecule has 18 heavy (non-hydrogen) atoms. The van der Waals surface area contributed by atoms with Crippen molar-refractivity contribution in [2.75, 3.05) is 13.6 Å². The van der Waals surface area contributed by atoms with E-state index in [-0.39, 0.29) is 0 Å². The van der Waals surface area contributed by atoms with Gasteiger partial charge in [0.2, 0.25) is 0 Å². The standard InChI is InChI=1S/C17H37N/c1-16(2)12-8-6-5-7-9-13-17(3)14-10-11-15-18-4/h16-18H,5-15H2,1-4H3. The second-order valence-electron chi connectivity index (χ2n) is 6.44. The van der Waals surface area contributed by atoms with E-state index in [4.69, 9.17) is 0 Å². The molecule has 1 atom stereocenters. The zero-order valence-electron chi connectivity index (χ0n) is 13.4. The van der Waals surface area contributed by atoms with E-state index in [0.717, 1.165) is 11.8 Å². The van der Waals surface area contributed by atoms with Crippen LogP contribution in [0.25, 0.3) is 0 Å². The highest BCUT2D eigenvalue weighted by atomic mass is 14.8. The van der Waals surface area contributed by atoms with Crippen molar-refractivity contribution in [3.63, 3.8) is 0 Å². The molecule has 0 aliphatic rings. The Balaban J connectivity index is 3.12. The van der Waals surface area contributed by atoms with Crippen LogP contribution in [0.15, 0.2) is 0 Å². The molecule has 0 aromatic carbocycles. The van der Waals surface area contributed by atoms with E-state index >= 15 is 0 Å². The van der Waals surface area contributed by atoms with Gasteiger partial charge in [-0.2, -0.15) is 0 Å². The van der Waals surface area contributed by atoms with E-state index in [2.05, 4.69) is 26.1 Å². The molecule has 1 N–H and O–H groups in total. The molecule has 0 fully saturated rings. The van der Waals surface area contributed by atoms with Gasteiger partial charge in [0.1, 0.15) is 0 Å². The van der Waals surface area contributed by atoms with Gasteiger partial charge >= 0.3 is 0 Å². The van der Waals surface area contributed by atoms with Crippen LogP contribution in [0.4, 0.5) is 0 Å². The van der Waals surface area contributed by atoms with Crippen LogP contribution in [0.5, 0.6) is 0 Å². The van der Waals surface area contributed by atoms with Crippen molar-refractivity contribution in [3.05, 3.63) is 0 Å². The summed E-state index contributed by atoms with van der Waals surface area (Å²) in [5, 5.41) is 3.22. The summed E-state index contributed by atoms with van der Waals surface area (Å²) in [6.45, 7) is 8.27. The van der Waals surface area contributed by atoms with Gasteiger partial charge in [-0.3, -0.25) is 0 Å². The van der Waals surface area contributed by atoms with Crippen molar-refractivity contribution in [3.8, 4) is 0 Å². The van der Waals surface area contributed by atoms with E-state index in [1.807, 2.05) is 7.05 Å². The van der Waals surface area contributed by atoms with Gasteiger partial charge in [-0.15, -0.1) is 0 Å². The molecule has 0 saturated carbocycles. The Morgan fingerprint density at radius 2 is 1.17 bits per heavy atom. The molecular weight excluding hydrogens is 218 g/mol. The summed E-state index contributed by atoms with van der Waals surface area (Å²) in [7, 11) is 2.04. The summed E-state index contributed by atoms with van der Waals surface area (Å²) < 4.78 is 0. The molecule has 0 saturated heterocycles. The molecule has 0 rings (SSSR count). The Kier molecular flexibility index (Phi) is 13.4. The Hall–Kier alpha value is -0.0400. The first kappa shape index (κ1) is 18.0. The Morgan fingerprint density at radius 3 is 1.72 bits per heavy atom. The fourth-order valence-corrected chi connectivity index (χ4v) is 2.51. The lowest BCUT2D eigenvalue weighted by atomic mass is 9.96. The number of rotatable bonds is 13. The molecule has 0 amide bonds. The summed E-state index contributed by atoms with van der Waals surface area (Å²) in [6.07, 6.45) is 14.3. The SMILES string of the molecule is CNCCCCC(C)CCCCCCCC(C)C. The number of hydrogen-bond acceptors (Lipinski definition) is 1. The minimum absolute atomic E-state index is 0.891. The van der Waals surface area contributed by atoms with Crippen LogP contribution in [0, 0.1) is 11.8 Å². The van der Waals surface area contributed by atoms with Crippen LogP contribution in [0.1, 0.15) is 85.0 Å². The average molecular weight is 255 g/mol. The molecule has 0 heterocycles. The van der Waals surface area contributed by atoms with Gasteiger partial charge in [-0.1, -0.05) is 78.6 Å². The maximum absolute atomic E-state index is 3.22. The molecule has 1 nitrogen and oxygen atoms in total. The quantitative estimate of drug-likeness (QED) is 0.435. The van der Waals surface area contributed by atoms with Crippen molar-refractivity contribution in [2.45, 2.75) is 85.0 Å². The van der Waals surface area contributed by atoms with Gasteiger partial charge in [0.15, 0.2) is 0 Å². The van der Waals surface area contributed by atoms with Gasteiger partial charge < -0.3 is 5.32 Å². The highest BCUT2D eigenvalue weighted by Gasteiger charge is 2.01. The predicted octanol–water partition coefficient (Wildman–Crippen LogP) is 5.40. The van der Waals surface area contributed by atoms with Crippen LogP contribution in [0.3, 0.4) is 0 Å². The van der Waals surface area contributed by atoms with Crippen LogP contribution < -0.4 is 5.32 Å². The van der Waals surface area contributed by atoms with Crippen molar-refractivity contribution in [1.29, 1.82) is 0 Å². The molecule has 0 radical (unpaired) electrons.